The molecule has 10 heteroatoms. The average Bonchev–Trinajstić information content (AvgIpc) is 3.57. The third kappa shape index (κ3) is 5.41. The van der Waals surface area contributed by atoms with Gasteiger partial charge in [0.1, 0.15) is 0 Å². The van der Waals surface area contributed by atoms with E-state index in [4.69, 9.17) is 0 Å². The lowest BCUT2D eigenvalue weighted by Crippen LogP contribution is -2.53. The number of hydrogen-bond acceptors (Lipinski definition) is 6. The van der Waals surface area contributed by atoms with Gasteiger partial charge in [-0.05, 0) is 71.1 Å². The third-order valence-corrected chi connectivity index (χ3v) is 11.1. The van der Waals surface area contributed by atoms with Crippen LogP contribution in [-0.4, -0.2) is 79.5 Å². The van der Waals surface area contributed by atoms with Crippen LogP contribution < -0.4 is 10.6 Å². The Bertz CT molecular complexity index is 1370. The van der Waals surface area contributed by atoms with E-state index < -0.39 is 0 Å². The van der Waals surface area contributed by atoms with Crippen molar-refractivity contribution in [3.05, 3.63) is 47.9 Å². The van der Waals surface area contributed by atoms with Crippen LogP contribution in [0.4, 0.5) is 0 Å². The van der Waals surface area contributed by atoms with Crippen LogP contribution in [0, 0.1) is 18.8 Å². The second-order valence-electron chi connectivity index (χ2n) is 12.4. The summed E-state index contributed by atoms with van der Waals surface area (Å²) in [5, 5.41) is 15.5. The number of likely N-dealkylation sites (tertiary alicyclic amines) is 1. The number of carbonyl (C=O) groups excluding carboxylic acids is 2. The molecule has 2 aliphatic heterocycles. The topological polar surface area (TPSA) is 97.1 Å². The minimum atomic E-state index is -0.217. The van der Waals surface area contributed by atoms with E-state index in [0.717, 1.165) is 41.7 Å². The lowest BCUT2D eigenvalue weighted by molar-refractivity contribution is -0.127. The molecule has 2 N–H and O–H groups in total. The highest BCUT2D eigenvalue weighted by Gasteiger charge is 2.38. The lowest BCUT2D eigenvalue weighted by atomic mass is 9.80. The van der Waals surface area contributed by atoms with Gasteiger partial charge in [0.25, 0.3) is 5.91 Å². The van der Waals surface area contributed by atoms with Crippen molar-refractivity contribution in [3.63, 3.8) is 0 Å². The van der Waals surface area contributed by atoms with E-state index in [-0.39, 0.29) is 29.0 Å². The molecule has 3 aromatic rings. The highest BCUT2D eigenvalue weighted by Crippen LogP contribution is 2.40. The monoisotopic (exact) mass is 577 g/mol. The molecule has 220 valence electrons. The Morgan fingerprint density at radius 3 is 2.63 bits per heavy atom. The Morgan fingerprint density at radius 1 is 1.17 bits per heavy atom. The van der Waals surface area contributed by atoms with Crippen molar-refractivity contribution in [1.82, 2.24) is 35.1 Å². The molecule has 9 nitrogen and oxygen atoms in total. The molecule has 6 rings (SSSR count). The van der Waals surface area contributed by atoms with Crippen molar-refractivity contribution in [3.8, 4) is 0 Å². The number of thioether (sulfide) groups is 1. The van der Waals surface area contributed by atoms with E-state index in [2.05, 4.69) is 68.7 Å². The Hall–Kier alpha value is -2.85. The maximum Gasteiger partial charge on any atom is 0.253 e. The normalized spacial score (nSPS) is 28.3. The molecule has 2 saturated heterocycles. The highest BCUT2D eigenvalue weighted by atomic mass is 32.2. The van der Waals surface area contributed by atoms with Crippen LogP contribution in [0.15, 0.2) is 36.7 Å². The Kier molecular flexibility index (Phi) is 8.14. The first-order valence-corrected chi connectivity index (χ1v) is 16.4. The van der Waals surface area contributed by atoms with E-state index in [1.807, 2.05) is 23.9 Å². The first kappa shape index (κ1) is 28.3. The van der Waals surface area contributed by atoms with E-state index in [1.165, 1.54) is 25.7 Å². The van der Waals surface area contributed by atoms with Gasteiger partial charge in [0.2, 0.25) is 5.91 Å². The van der Waals surface area contributed by atoms with Gasteiger partial charge in [-0.15, -0.1) is 5.10 Å². The van der Waals surface area contributed by atoms with Gasteiger partial charge in [-0.2, -0.15) is 11.8 Å². The molecule has 3 fully saturated rings. The molecule has 4 heterocycles. The number of hydrogen-bond donors (Lipinski definition) is 2. The van der Waals surface area contributed by atoms with E-state index >= 15 is 0 Å². The van der Waals surface area contributed by atoms with Crippen molar-refractivity contribution in [2.75, 3.05) is 25.9 Å². The fraction of sp³-hybridized carbons (Fsp3) is 0.613. The van der Waals surface area contributed by atoms with Crippen molar-refractivity contribution in [2.24, 2.45) is 11.8 Å². The van der Waals surface area contributed by atoms with E-state index in [0.29, 0.717) is 30.6 Å². The smallest absolute Gasteiger partial charge is 0.253 e. The summed E-state index contributed by atoms with van der Waals surface area (Å²) in [5.41, 5.74) is 2.88. The number of piperidine rings is 1. The molecule has 3 aliphatic rings. The first-order valence-electron chi connectivity index (χ1n) is 15.2. The quantitative estimate of drug-likeness (QED) is 0.417. The summed E-state index contributed by atoms with van der Waals surface area (Å²) in [6, 6.07) is 9.85. The Labute approximate surface area is 246 Å². The molecule has 0 spiro atoms. The zero-order valence-corrected chi connectivity index (χ0v) is 25.4. The summed E-state index contributed by atoms with van der Waals surface area (Å²) >= 11 is 1.72. The summed E-state index contributed by atoms with van der Waals surface area (Å²) in [4.78, 5) is 29.0. The second kappa shape index (κ2) is 11.8. The van der Waals surface area contributed by atoms with Gasteiger partial charge in [-0.3, -0.25) is 14.5 Å². The van der Waals surface area contributed by atoms with Crippen LogP contribution in [0.25, 0.3) is 10.9 Å². The number of aromatic nitrogens is 4. The van der Waals surface area contributed by atoms with Crippen molar-refractivity contribution in [1.29, 1.82) is 0 Å². The van der Waals surface area contributed by atoms with Crippen molar-refractivity contribution in [2.45, 2.75) is 82.3 Å². The minimum Gasteiger partial charge on any atom is -0.353 e. The first-order chi connectivity index (χ1) is 19.9. The van der Waals surface area contributed by atoms with E-state index in [1.54, 1.807) is 18.0 Å². The van der Waals surface area contributed by atoms with Gasteiger partial charge in [-0.1, -0.05) is 23.4 Å². The molecule has 0 radical (unpaired) electrons. The fourth-order valence-electron chi connectivity index (χ4n) is 7.59. The Morgan fingerprint density at radius 2 is 1.93 bits per heavy atom. The van der Waals surface area contributed by atoms with Gasteiger partial charge in [0.15, 0.2) is 0 Å². The number of nitrogens with zero attached hydrogens (tertiary/aromatic N) is 5. The van der Waals surface area contributed by atoms with Crippen LogP contribution in [0.2, 0.25) is 0 Å². The summed E-state index contributed by atoms with van der Waals surface area (Å²) in [7, 11) is 0. The highest BCUT2D eigenvalue weighted by molar-refractivity contribution is 7.99. The molecule has 1 aliphatic carbocycles. The largest absolute Gasteiger partial charge is 0.353 e. The number of rotatable bonds is 8. The molecule has 3 unspecified atom stereocenters. The molecule has 1 aromatic carbocycles. The van der Waals surface area contributed by atoms with Gasteiger partial charge in [0, 0.05) is 65.8 Å². The number of amides is 2. The molecule has 1 saturated carbocycles. The average molecular weight is 578 g/mol. The van der Waals surface area contributed by atoms with E-state index in [9.17, 15) is 9.59 Å². The SMILES string of the molecule is CSC1CC(C)NC(=O)C1CNC(=O)c1c(C)n([C@H](C)C2CCC(N3CC(n4ccnn4)C3)CC2)c2ccccc12. The van der Waals surface area contributed by atoms with Crippen LogP contribution in [0.3, 0.4) is 0 Å². The molecular formula is C31H43N7O2S. The number of fused-ring (bicyclic) bond motifs is 1. The van der Waals surface area contributed by atoms with Crippen LogP contribution >= 0.6 is 11.8 Å². The number of benzene rings is 1. The minimum absolute atomic E-state index is 0.0407. The molecule has 2 aromatic heterocycles. The molecule has 2 amide bonds. The predicted octanol–water partition coefficient (Wildman–Crippen LogP) is 4.20. The van der Waals surface area contributed by atoms with Crippen LogP contribution in [-0.2, 0) is 4.79 Å². The predicted molar refractivity (Wildman–Crippen MR) is 163 cm³/mol. The van der Waals surface area contributed by atoms with Crippen molar-refractivity contribution >= 4 is 34.5 Å². The lowest BCUT2D eigenvalue weighted by Gasteiger charge is -2.47. The maximum absolute atomic E-state index is 13.7. The van der Waals surface area contributed by atoms with Gasteiger partial charge in [0.05, 0.1) is 23.7 Å². The van der Waals surface area contributed by atoms with Gasteiger partial charge in [-0.25, -0.2) is 4.68 Å². The van der Waals surface area contributed by atoms with Crippen LogP contribution in [0.5, 0.6) is 0 Å². The molecule has 0 bridgehead atoms. The van der Waals surface area contributed by atoms with Crippen LogP contribution in [0.1, 0.15) is 74.1 Å². The molecular weight excluding hydrogens is 534 g/mol. The standard InChI is InChI=1S/C31H43N7O2S/c1-19-15-28(41-4)26(30(39)34-19)16-32-31(40)29-21(3)38(27-8-6-5-7-25(27)29)20(2)22-9-11-23(12-10-22)36-17-24(18-36)37-14-13-33-35-37/h5-8,13-14,19-20,22-24,26,28H,9-12,15-18H2,1-4H3,(H,32,40)(H,34,39)/t19?,20-,22?,23?,26?,28?/m1/s1. The summed E-state index contributed by atoms with van der Waals surface area (Å²) in [5.74, 6) is 0.309. The zero-order valence-electron chi connectivity index (χ0n) is 24.6. The molecule has 41 heavy (non-hydrogen) atoms. The maximum atomic E-state index is 13.7. The number of para-hydroxylation sites is 1. The third-order valence-electron chi connectivity index (χ3n) is 9.98. The number of carbonyl (C=O) groups is 2. The molecule has 4 atom stereocenters. The fourth-order valence-corrected chi connectivity index (χ4v) is 8.62. The Balaban J connectivity index is 1.13. The van der Waals surface area contributed by atoms with Gasteiger partial charge < -0.3 is 15.2 Å². The van der Waals surface area contributed by atoms with Crippen molar-refractivity contribution < 1.29 is 9.59 Å². The van der Waals surface area contributed by atoms with Gasteiger partial charge >= 0.3 is 0 Å². The second-order valence-corrected chi connectivity index (χ2v) is 13.5. The summed E-state index contributed by atoms with van der Waals surface area (Å²) in [6.07, 6.45) is 11.5. The summed E-state index contributed by atoms with van der Waals surface area (Å²) < 4.78 is 4.39. The number of nitrogens with one attached hydrogen (secondary N) is 2. The summed E-state index contributed by atoms with van der Waals surface area (Å²) in [6.45, 7) is 8.94. The zero-order chi connectivity index (χ0) is 28.7.